The van der Waals surface area contributed by atoms with Crippen molar-refractivity contribution >= 4 is 21.9 Å². The van der Waals surface area contributed by atoms with Crippen LogP contribution in [-0.2, 0) is 26.0 Å². The minimum atomic E-state index is -3.42. The first kappa shape index (κ1) is 20.4. The summed E-state index contributed by atoms with van der Waals surface area (Å²) in [5.41, 5.74) is 0.874. The van der Waals surface area contributed by atoms with E-state index in [0.29, 0.717) is 19.5 Å². The third-order valence-corrected chi connectivity index (χ3v) is 6.56. The largest absolute Gasteiger partial charge is 0.481 e. The predicted octanol–water partition coefficient (Wildman–Crippen LogP) is 1.58. The first-order valence-electron chi connectivity index (χ1n) is 8.77. The topological polar surface area (TPSA) is 95.0 Å². The number of nitrogens with zero attached hydrogens (tertiary/aromatic N) is 2. The third-order valence-electron chi connectivity index (χ3n) is 4.65. The first-order valence-corrected chi connectivity index (χ1v) is 10.2. The van der Waals surface area contributed by atoms with Crippen molar-refractivity contribution in [2.24, 2.45) is 5.92 Å². The Labute approximate surface area is 154 Å². The van der Waals surface area contributed by atoms with Gasteiger partial charge in [-0.3, -0.25) is 9.59 Å². The molecule has 1 aromatic rings. The van der Waals surface area contributed by atoms with Crippen molar-refractivity contribution in [1.29, 1.82) is 0 Å². The molecule has 0 bridgehead atoms. The van der Waals surface area contributed by atoms with Crippen molar-refractivity contribution in [3.8, 4) is 0 Å². The summed E-state index contributed by atoms with van der Waals surface area (Å²) in [6.45, 7) is 2.87. The Morgan fingerprint density at radius 3 is 2.31 bits per heavy atom. The van der Waals surface area contributed by atoms with Gasteiger partial charge in [-0.15, -0.1) is 0 Å². The number of aryl methyl sites for hydroxylation is 1. The van der Waals surface area contributed by atoms with Gasteiger partial charge in [-0.2, -0.15) is 4.31 Å². The number of hydrogen-bond acceptors (Lipinski definition) is 4. The minimum Gasteiger partial charge on any atom is -0.481 e. The maximum Gasteiger partial charge on any atom is 0.308 e. The number of aliphatic carboxylic acids is 1. The molecule has 144 valence electrons. The normalized spacial score (nSPS) is 16.4. The lowest BCUT2D eigenvalue weighted by molar-refractivity contribution is -0.142. The number of carbonyl (C=O) groups is 2. The van der Waals surface area contributed by atoms with E-state index in [1.165, 1.54) is 9.21 Å². The molecule has 0 spiro atoms. The van der Waals surface area contributed by atoms with Crippen molar-refractivity contribution in [1.82, 2.24) is 9.21 Å². The molecule has 1 N–H and O–H groups in total. The molecule has 1 saturated heterocycles. The number of rotatable bonds is 8. The molecule has 1 amide bonds. The highest BCUT2D eigenvalue weighted by atomic mass is 32.2. The van der Waals surface area contributed by atoms with Gasteiger partial charge in [-0.1, -0.05) is 19.1 Å². The zero-order valence-electron chi connectivity index (χ0n) is 15.2. The van der Waals surface area contributed by atoms with Crippen molar-refractivity contribution in [3.63, 3.8) is 0 Å². The van der Waals surface area contributed by atoms with E-state index < -0.39 is 21.9 Å². The van der Waals surface area contributed by atoms with Gasteiger partial charge in [0, 0.05) is 33.1 Å². The molecule has 1 aliphatic rings. The molecule has 2 rings (SSSR count). The highest BCUT2D eigenvalue weighted by Crippen LogP contribution is 2.21. The van der Waals surface area contributed by atoms with Crippen LogP contribution in [0.25, 0.3) is 0 Å². The molecular formula is C18H26N2O5S. The van der Waals surface area contributed by atoms with Gasteiger partial charge < -0.3 is 10.0 Å². The standard InChI is InChI=1S/C18H26N2O5S/c1-14(18(22)23)13-19(2)17(21)10-7-15-5-8-16(9-6-15)26(24,25)20-11-3-4-12-20/h5-6,8-9,14H,3-4,7,10-13H2,1-2H3,(H,22,23)/t14-/m1/s1. The second-order valence-electron chi connectivity index (χ2n) is 6.77. The van der Waals surface area contributed by atoms with Crippen LogP contribution in [0.2, 0.25) is 0 Å². The van der Waals surface area contributed by atoms with E-state index in [0.717, 1.165) is 18.4 Å². The third kappa shape index (κ3) is 5.04. The van der Waals surface area contributed by atoms with Gasteiger partial charge in [0.15, 0.2) is 0 Å². The van der Waals surface area contributed by atoms with Gasteiger partial charge in [0.1, 0.15) is 0 Å². The van der Waals surface area contributed by atoms with E-state index in [9.17, 15) is 18.0 Å². The molecule has 1 heterocycles. The van der Waals surface area contributed by atoms with Gasteiger partial charge in [0.05, 0.1) is 10.8 Å². The SMILES string of the molecule is C[C@H](CN(C)C(=O)CCc1ccc(S(=O)(=O)N2CCCC2)cc1)C(=O)O. The summed E-state index contributed by atoms with van der Waals surface area (Å²) in [6, 6.07) is 6.64. The fourth-order valence-electron chi connectivity index (χ4n) is 2.94. The Hall–Kier alpha value is -1.93. The molecule has 0 saturated carbocycles. The van der Waals surface area contributed by atoms with Crippen molar-refractivity contribution < 1.29 is 23.1 Å². The van der Waals surface area contributed by atoms with Gasteiger partial charge in [-0.25, -0.2) is 8.42 Å². The molecule has 0 aromatic heterocycles. The molecule has 1 aliphatic heterocycles. The van der Waals surface area contributed by atoms with Gasteiger partial charge in [-0.05, 0) is 37.0 Å². The monoisotopic (exact) mass is 382 g/mol. The fraction of sp³-hybridized carbons (Fsp3) is 0.556. The number of amides is 1. The molecule has 0 aliphatic carbocycles. The van der Waals surface area contributed by atoms with Gasteiger partial charge in [0.2, 0.25) is 15.9 Å². The summed E-state index contributed by atoms with van der Waals surface area (Å²) in [4.78, 5) is 24.7. The van der Waals surface area contributed by atoms with E-state index in [2.05, 4.69) is 0 Å². The molecule has 1 fully saturated rings. The van der Waals surface area contributed by atoms with Gasteiger partial charge >= 0.3 is 5.97 Å². The zero-order valence-corrected chi connectivity index (χ0v) is 16.0. The lowest BCUT2D eigenvalue weighted by Gasteiger charge is -2.19. The molecular weight excluding hydrogens is 356 g/mol. The molecule has 26 heavy (non-hydrogen) atoms. The Morgan fingerprint density at radius 1 is 1.19 bits per heavy atom. The Bertz CT molecular complexity index is 739. The van der Waals surface area contributed by atoms with E-state index in [-0.39, 0.29) is 23.8 Å². The lowest BCUT2D eigenvalue weighted by atomic mass is 10.1. The number of benzene rings is 1. The average Bonchev–Trinajstić information content (AvgIpc) is 3.15. The summed E-state index contributed by atoms with van der Waals surface area (Å²) in [5.74, 6) is -1.68. The predicted molar refractivity (Wildman–Crippen MR) is 97.2 cm³/mol. The van der Waals surface area contributed by atoms with E-state index in [4.69, 9.17) is 5.11 Å². The summed E-state index contributed by atoms with van der Waals surface area (Å²) < 4.78 is 26.5. The minimum absolute atomic E-state index is 0.133. The summed E-state index contributed by atoms with van der Waals surface area (Å²) in [7, 11) is -1.83. The summed E-state index contributed by atoms with van der Waals surface area (Å²) in [5, 5.41) is 8.90. The maximum atomic E-state index is 12.5. The summed E-state index contributed by atoms with van der Waals surface area (Å²) in [6.07, 6.45) is 2.52. The van der Waals surface area contributed by atoms with E-state index in [1.807, 2.05) is 0 Å². The Morgan fingerprint density at radius 2 is 1.77 bits per heavy atom. The number of hydrogen-bond donors (Lipinski definition) is 1. The highest BCUT2D eigenvalue weighted by molar-refractivity contribution is 7.89. The Kier molecular flexibility index (Phi) is 6.77. The van der Waals surface area contributed by atoms with E-state index in [1.54, 1.807) is 38.2 Å². The molecule has 8 heteroatoms. The molecule has 1 atom stereocenters. The zero-order chi connectivity index (χ0) is 19.3. The van der Waals surface area contributed by atoms with Crippen molar-refractivity contribution in [2.45, 2.75) is 37.5 Å². The fourth-order valence-corrected chi connectivity index (χ4v) is 4.46. The number of sulfonamides is 1. The van der Waals surface area contributed by atoms with Crippen LogP contribution in [0.3, 0.4) is 0 Å². The summed E-state index contributed by atoms with van der Waals surface area (Å²) >= 11 is 0. The van der Waals surface area contributed by atoms with Crippen LogP contribution in [-0.4, -0.2) is 61.3 Å². The molecule has 0 unspecified atom stereocenters. The van der Waals surface area contributed by atoms with Crippen LogP contribution in [0.4, 0.5) is 0 Å². The van der Waals surface area contributed by atoms with Crippen molar-refractivity contribution in [3.05, 3.63) is 29.8 Å². The average molecular weight is 382 g/mol. The second-order valence-corrected chi connectivity index (χ2v) is 8.71. The smallest absolute Gasteiger partial charge is 0.308 e. The van der Waals surface area contributed by atoms with Crippen molar-refractivity contribution in [2.75, 3.05) is 26.7 Å². The number of carboxylic acid groups (broad SMARTS) is 1. The van der Waals surface area contributed by atoms with Crippen LogP contribution in [0.15, 0.2) is 29.2 Å². The lowest BCUT2D eigenvalue weighted by Crippen LogP contribution is -2.33. The van der Waals surface area contributed by atoms with Crippen LogP contribution in [0, 0.1) is 5.92 Å². The molecule has 1 aromatic carbocycles. The molecule has 0 radical (unpaired) electrons. The number of carbonyl (C=O) groups excluding carboxylic acids is 1. The van der Waals surface area contributed by atoms with E-state index >= 15 is 0 Å². The first-order chi connectivity index (χ1) is 12.2. The van der Waals surface area contributed by atoms with Crippen LogP contribution in [0.1, 0.15) is 31.7 Å². The highest BCUT2D eigenvalue weighted by Gasteiger charge is 2.26. The maximum absolute atomic E-state index is 12.5. The quantitative estimate of drug-likeness (QED) is 0.737. The number of carboxylic acids is 1. The van der Waals surface area contributed by atoms with Gasteiger partial charge in [0.25, 0.3) is 0 Å². The second kappa shape index (κ2) is 8.64. The Balaban J connectivity index is 1.91. The van der Waals surface area contributed by atoms with Crippen LogP contribution >= 0.6 is 0 Å². The van der Waals surface area contributed by atoms with Crippen LogP contribution in [0.5, 0.6) is 0 Å². The van der Waals surface area contributed by atoms with Crippen LogP contribution < -0.4 is 0 Å². The molecule has 7 nitrogen and oxygen atoms in total.